The van der Waals surface area contributed by atoms with E-state index < -0.39 is 5.91 Å². The normalized spacial score (nSPS) is 10.7. The summed E-state index contributed by atoms with van der Waals surface area (Å²) in [4.78, 5) is 11.7. The number of nitrogens with one attached hydrogen (secondary N) is 1. The molecule has 0 spiro atoms. The molecular formula is C16H14FNO2. The third kappa shape index (κ3) is 3.68. The topological polar surface area (TPSA) is 49.3 Å². The molecule has 2 N–H and O–H groups in total. The van der Waals surface area contributed by atoms with Crippen molar-refractivity contribution in [1.29, 1.82) is 0 Å². The zero-order chi connectivity index (χ0) is 14.5. The molecule has 1 amide bonds. The van der Waals surface area contributed by atoms with E-state index in [0.717, 1.165) is 5.56 Å². The van der Waals surface area contributed by atoms with E-state index in [1.54, 1.807) is 30.3 Å². The Hall–Kier alpha value is -2.62. The number of aromatic hydroxyl groups is 1. The number of anilines is 1. The van der Waals surface area contributed by atoms with Crippen molar-refractivity contribution in [3.63, 3.8) is 0 Å². The van der Waals surface area contributed by atoms with Crippen molar-refractivity contribution in [2.75, 3.05) is 5.32 Å². The molecule has 2 aromatic rings. The summed E-state index contributed by atoms with van der Waals surface area (Å²) in [5.74, 6) is -0.741. The fourth-order valence-corrected chi connectivity index (χ4v) is 1.70. The second kappa shape index (κ2) is 6.02. The van der Waals surface area contributed by atoms with Crippen molar-refractivity contribution >= 4 is 17.7 Å². The SMILES string of the molecule is Cc1ccc(NC(=O)/C=C/c2cccc(F)c2)c(O)c1. The van der Waals surface area contributed by atoms with Gasteiger partial charge in [0, 0.05) is 6.08 Å². The van der Waals surface area contributed by atoms with Crippen LogP contribution in [0.3, 0.4) is 0 Å². The molecule has 102 valence electrons. The number of carbonyl (C=O) groups excluding carboxylic acids is 1. The number of phenols is 1. The molecule has 0 fully saturated rings. The number of halogens is 1. The van der Waals surface area contributed by atoms with Gasteiger partial charge < -0.3 is 10.4 Å². The van der Waals surface area contributed by atoms with Crippen LogP contribution in [-0.4, -0.2) is 11.0 Å². The van der Waals surface area contributed by atoms with E-state index in [9.17, 15) is 14.3 Å². The standard InChI is InChI=1S/C16H14FNO2/c1-11-5-7-14(15(19)9-11)18-16(20)8-6-12-3-2-4-13(17)10-12/h2-10,19H,1H3,(H,18,20)/b8-6+. The Morgan fingerprint density at radius 3 is 2.75 bits per heavy atom. The molecule has 0 radical (unpaired) electrons. The Kier molecular flexibility index (Phi) is 4.15. The van der Waals surface area contributed by atoms with Crippen molar-refractivity contribution < 1.29 is 14.3 Å². The molecule has 0 heterocycles. The van der Waals surface area contributed by atoms with Gasteiger partial charge in [0.25, 0.3) is 0 Å². The van der Waals surface area contributed by atoms with Gasteiger partial charge in [-0.3, -0.25) is 4.79 Å². The van der Waals surface area contributed by atoms with Crippen LogP contribution in [0.15, 0.2) is 48.5 Å². The first kappa shape index (κ1) is 13.8. The molecule has 4 heteroatoms. The Morgan fingerprint density at radius 2 is 2.05 bits per heavy atom. The Bertz CT molecular complexity index is 665. The molecule has 0 atom stereocenters. The van der Waals surface area contributed by atoms with Gasteiger partial charge in [-0.05, 0) is 48.4 Å². The molecule has 20 heavy (non-hydrogen) atoms. The summed E-state index contributed by atoms with van der Waals surface area (Å²) in [5, 5.41) is 12.2. The van der Waals surface area contributed by atoms with Gasteiger partial charge in [-0.2, -0.15) is 0 Å². The summed E-state index contributed by atoms with van der Waals surface area (Å²) in [6.45, 7) is 1.84. The predicted molar refractivity (Wildman–Crippen MR) is 76.9 cm³/mol. The van der Waals surface area contributed by atoms with Crippen molar-refractivity contribution in [3.05, 3.63) is 65.5 Å². The number of phenolic OH excluding ortho intramolecular Hbond substituents is 1. The predicted octanol–water partition coefficient (Wildman–Crippen LogP) is 3.49. The van der Waals surface area contributed by atoms with E-state index >= 15 is 0 Å². The third-order valence-electron chi connectivity index (χ3n) is 2.69. The Balaban J connectivity index is 2.05. The number of aryl methyl sites for hydroxylation is 1. The van der Waals surface area contributed by atoms with Crippen LogP contribution in [0, 0.1) is 12.7 Å². The van der Waals surface area contributed by atoms with E-state index in [0.29, 0.717) is 11.3 Å². The molecule has 0 saturated carbocycles. The second-order valence-electron chi connectivity index (χ2n) is 4.40. The lowest BCUT2D eigenvalue weighted by atomic mass is 10.2. The van der Waals surface area contributed by atoms with Crippen molar-refractivity contribution in [2.24, 2.45) is 0 Å². The molecule has 0 saturated heterocycles. The highest BCUT2D eigenvalue weighted by Gasteiger charge is 2.03. The summed E-state index contributed by atoms with van der Waals surface area (Å²) < 4.78 is 13.0. The maximum Gasteiger partial charge on any atom is 0.248 e. The molecule has 0 aliphatic carbocycles. The maximum absolute atomic E-state index is 13.0. The number of carbonyl (C=O) groups is 1. The fourth-order valence-electron chi connectivity index (χ4n) is 1.70. The fraction of sp³-hybridized carbons (Fsp3) is 0.0625. The van der Waals surface area contributed by atoms with Crippen LogP contribution in [0.2, 0.25) is 0 Å². The lowest BCUT2D eigenvalue weighted by Gasteiger charge is -2.05. The van der Waals surface area contributed by atoms with Gasteiger partial charge in [-0.25, -0.2) is 4.39 Å². The van der Waals surface area contributed by atoms with Crippen LogP contribution in [-0.2, 0) is 4.79 Å². The van der Waals surface area contributed by atoms with Crippen molar-refractivity contribution in [2.45, 2.75) is 6.92 Å². The Morgan fingerprint density at radius 1 is 1.25 bits per heavy atom. The van der Waals surface area contributed by atoms with Gasteiger partial charge in [-0.15, -0.1) is 0 Å². The first-order chi connectivity index (χ1) is 9.54. The molecule has 0 aromatic heterocycles. The third-order valence-corrected chi connectivity index (χ3v) is 2.69. The van der Waals surface area contributed by atoms with E-state index in [1.165, 1.54) is 24.3 Å². The smallest absolute Gasteiger partial charge is 0.248 e. The average Bonchev–Trinajstić information content (AvgIpc) is 2.40. The van der Waals surface area contributed by atoms with Gasteiger partial charge in [0.2, 0.25) is 5.91 Å². The van der Waals surface area contributed by atoms with E-state index in [-0.39, 0.29) is 11.6 Å². The van der Waals surface area contributed by atoms with Crippen LogP contribution >= 0.6 is 0 Å². The molecule has 0 bridgehead atoms. The molecular weight excluding hydrogens is 257 g/mol. The lowest BCUT2D eigenvalue weighted by molar-refractivity contribution is -0.111. The highest BCUT2D eigenvalue weighted by Crippen LogP contribution is 2.23. The molecule has 2 aromatic carbocycles. The summed E-state index contributed by atoms with van der Waals surface area (Å²) in [6.07, 6.45) is 2.79. The molecule has 2 rings (SSSR count). The van der Waals surface area contributed by atoms with Crippen molar-refractivity contribution in [1.82, 2.24) is 0 Å². The van der Waals surface area contributed by atoms with Gasteiger partial charge >= 0.3 is 0 Å². The number of rotatable bonds is 3. The van der Waals surface area contributed by atoms with E-state index in [1.807, 2.05) is 6.92 Å². The number of amides is 1. The number of benzene rings is 2. The first-order valence-electron chi connectivity index (χ1n) is 6.09. The molecule has 3 nitrogen and oxygen atoms in total. The summed E-state index contributed by atoms with van der Waals surface area (Å²) in [7, 11) is 0. The minimum atomic E-state index is -0.395. The second-order valence-corrected chi connectivity index (χ2v) is 4.40. The van der Waals surface area contributed by atoms with Crippen LogP contribution in [0.5, 0.6) is 5.75 Å². The van der Waals surface area contributed by atoms with E-state index in [2.05, 4.69) is 5.32 Å². The average molecular weight is 271 g/mol. The maximum atomic E-state index is 13.0. The summed E-state index contributed by atoms with van der Waals surface area (Å²) in [5.41, 5.74) is 1.83. The van der Waals surface area contributed by atoms with Gasteiger partial charge in [-0.1, -0.05) is 18.2 Å². The highest BCUT2D eigenvalue weighted by molar-refractivity contribution is 6.02. The first-order valence-corrected chi connectivity index (χ1v) is 6.09. The summed E-state index contributed by atoms with van der Waals surface area (Å²) >= 11 is 0. The quantitative estimate of drug-likeness (QED) is 0.663. The van der Waals surface area contributed by atoms with Crippen LogP contribution < -0.4 is 5.32 Å². The van der Waals surface area contributed by atoms with Gasteiger partial charge in [0.15, 0.2) is 0 Å². The van der Waals surface area contributed by atoms with Crippen LogP contribution in [0.1, 0.15) is 11.1 Å². The zero-order valence-electron chi connectivity index (χ0n) is 10.9. The number of hydrogen-bond acceptors (Lipinski definition) is 2. The van der Waals surface area contributed by atoms with E-state index in [4.69, 9.17) is 0 Å². The minimum Gasteiger partial charge on any atom is -0.506 e. The van der Waals surface area contributed by atoms with Crippen molar-refractivity contribution in [3.8, 4) is 5.75 Å². The number of hydrogen-bond donors (Lipinski definition) is 2. The summed E-state index contributed by atoms with van der Waals surface area (Å²) in [6, 6.07) is 10.9. The molecule has 0 aliphatic heterocycles. The van der Waals surface area contributed by atoms with Gasteiger partial charge in [0.05, 0.1) is 5.69 Å². The monoisotopic (exact) mass is 271 g/mol. The van der Waals surface area contributed by atoms with Gasteiger partial charge in [0.1, 0.15) is 11.6 Å². The lowest BCUT2D eigenvalue weighted by Crippen LogP contribution is -2.07. The molecule has 0 aliphatic rings. The zero-order valence-corrected chi connectivity index (χ0v) is 10.9. The molecule has 0 unspecified atom stereocenters. The minimum absolute atomic E-state index is 0.0116. The van der Waals surface area contributed by atoms with Crippen LogP contribution in [0.25, 0.3) is 6.08 Å². The largest absolute Gasteiger partial charge is 0.506 e. The van der Waals surface area contributed by atoms with Crippen LogP contribution in [0.4, 0.5) is 10.1 Å². The highest BCUT2D eigenvalue weighted by atomic mass is 19.1. The Labute approximate surface area is 116 Å².